The molecule has 7 nitrogen and oxygen atoms in total. The van der Waals surface area contributed by atoms with Gasteiger partial charge >= 0.3 is 6.18 Å². The number of amides is 3. The van der Waals surface area contributed by atoms with E-state index in [2.05, 4.69) is 16.0 Å². The summed E-state index contributed by atoms with van der Waals surface area (Å²) in [6, 6.07) is 5.46. The number of hydrogen-bond acceptors (Lipinski definition) is 4. The van der Waals surface area contributed by atoms with Crippen molar-refractivity contribution in [2.45, 2.75) is 70.6 Å². The third-order valence-electron chi connectivity index (χ3n) is 7.01. The molecule has 44 heavy (non-hydrogen) atoms. The Labute approximate surface area is 257 Å². The average Bonchev–Trinajstić information content (AvgIpc) is 2.92. The fourth-order valence-corrected chi connectivity index (χ4v) is 4.78. The number of benzene rings is 2. The monoisotopic (exact) mass is 673 g/mol. The van der Waals surface area contributed by atoms with Crippen molar-refractivity contribution in [3.63, 3.8) is 0 Å². The van der Waals surface area contributed by atoms with Gasteiger partial charge in [0.05, 0.1) is 21.2 Å². The zero-order chi connectivity index (χ0) is 33.0. The van der Waals surface area contributed by atoms with Crippen molar-refractivity contribution in [3.05, 3.63) is 57.1 Å². The number of carbonyl (C=O) groups excluding carboxylic acids is 3. The van der Waals surface area contributed by atoms with Crippen LogP contribution in [0.4, 0.5) is 36.4 Å². The van der Waals surface area contributed by atoms with Gasteiger partial charge in [0.1, 0.15) is 17.8 Å². The maximum Gasteiger partial charge on any atom is 0.402 e. The van der Waals surface area contributed by atoms with Gasteiger partial charge in [-0.15, -0.1) is 0 Å². The van der Waals surface area contributed by atoms with Gasteiger partial charge in [-0.05, 0) is 56.5 Å². The standard InChI is InChI=1S/C28H28Cl2F7N3O4/c1-26(2,28(35,36)37)25(43)38-12-14-3-5-18(29)21(22(14)30)24(42)40-16-4-6-19(44-13-20(31)32)17(11-16)23(41)39-15-7-9-27(33,34)10-8-15/h3-6,11,15,20H,7-10,12-13H2,1-2H3,(H,38,43)(H,39,41)(H,40,42). The smallest absolute Gasteiger partial charge is 0.402 e. The quantitative estimate of drug-likeness (QED) is 0.229. The van der Waals surface area contributed by atoms with Gasteiger partial charge < -0.3 is 20.7 Å². The summed E-state index contributed by atoms with van der Waals surface area (Å²) >= 11 is 12.5. The Morgan fingerprint density at radius 2 is 1.66 bits per heavy atom. The molecule has 0 radical (unpaired) electrons. The van der Waals surface area contributed by atoms with Crippen LogP contribution in [0.2, 0.25) is 10.0 Å². The summed E-state index contributed by atoms with van der Waals surface area (Å²) in [5.74, 6) is -6.15. The second kappa shape index (κ2) is 13.8. The van der Waals surface area contributed by atoms with E-state index in [1.807, 2.05) is 0 Å². The zero-order valence-electron chi connectivity index (χ0n) is 23.3. The van der Waals surface area contributed by atoms with Crippen LogP contribution in [0.25, 0.3) is 0 Å². The Kier molecular flexibility index (Phi) is 11.0. The van der Waals surface area contributed by atoms with Crippen molar-refractivity contribution in [2.75, 3.05) is 11.9 Å². The number of rotatable bonds is 10. The number of nitrogens with one attached hydrogen (secondary N) is 3. The molecule has 0 spiro atoms. The van der Waals surface area contributed by atoms with E-state index in [0.29, 0.717) is 13.8 Å². The molecule has 3 amide bonds. The summed E-state index contributed by atoms with van der Waals surface area (Å²) in [5.41, 5.74) is -3.23. The number of anilines is 1. The molecule has 16 heteroatoms. The van der Waals surface area contributed by atoms with E-state index in [1.54, 1.807) is 0 Å². The largest absolute Gasteiger partial charge is 0.487 e. The van der Waals surface area contributed by atoms with E-state index >= 15 is 0 Å². The summed E-state index contributed by atoms with van der Waals surface area (Å²) in [4.78, 5) is 38.4. The summed E-state index contributed by atoms with van der Waals surface area (Å²) in [5, 5.41) is 6.74. The maximum atomic E-state index is 13.5. The molecule has 0 bridgehead atoms. The molecule has 1 fully saturated rings. The van der Waals surface area contributed by atoms with Crippen molar-refractivity contribution >= 4 is 46.6 Å². The molecule has 1 aliphatic carbocycles. The number of halogens is 9. The number of ether oxygens (including phenoxy) is 1. The topological polar surface area (TPSA) is 96.5 Å². The fraction of sp³-hybridized carbons (Fsp3) is 0.464. The molecule has 1 aliphatic rings. The van der Waals surface area contributed by atoms with E-state index in [-0.39, 0.29) is 51.0 Å². The van der Waals surface area contributed by atoms with Crippen LogP contribution >= 0.6 is 23.2 Å². The lowest BCUT2D eigenvalue weighted by molar-refractivity contribution is -0.211. The molecular formula is C28H28Cl2F7N3O4. The average molecular weight is 674 g/mol. The number of alkyl halides is 7. The van der Waals surface area contributed by atoms with Crippen LogP contribution in [0.1, 0.15) is 65.8 Å². The van der Waals surface area contributed by atoms with Crippen LogP contribution in [0, 0.1) is 5.41 Å². The van der Waals surface area contributed by atoms with Crippen molar-refractivity contribution < 1.29 is 49.9 Å². The molecule has 3 N–H and O–H groups in total. The van der Waals surface area contributed by atoms with Crippen molar-refractivity contribution in [1.29, 1.82) is 0 Å². The molecule has 0 aromatic heterocycles. The first-order valence-electron chi connectivity index (χ1n) is 13.2. The van der Waals surface area contributed by atoms with Crippen molar-refractivity contribution in [2.24, 2.45) is 5.41 Å². The molecule has 242 valence electrons. The minimum absolute atomic E-state index is 0.0100. The Balaban J connectivity index is 1.82. The molecule has 2 aromatic carbocycles. The first-order valence-corrected chi connectivity index (χ1v) is 13.9. The van der Waals surface area contributed by atoms with E-state index in [4.69, 9.17) is 27.9 Å². The normalized spacial score (nSPS) is 15.5. The lowest BCUT2D eigenvalue weighted by atomic mass is 9.91. The lowest BCUT2D eigenvalue weighted by Crippen LogP contribution is -2.46. The van der Waals surface area contributed by atoms with Gasteiger partial charge in [-0.2, -0.15) is 13.2 Å². The van der Waals surface area contributed by atoms with Crippen molar-refractivity contribution in [3.8, 4) is 5.75 Å². The van der Waals surface area contributed by atoms with E-state index in [1.165, 1.54) is 18.2 Å². The zero-order valence-corrected chi connectivity index (χ0v) is 24.8. The fourth-order valence-electron chi connectivity index (χ4n) is 4.17. The van der Waals surface area contributed by atoms with Crippen LogP contribution in [-0.4, -0.2) is 48.9 Å². The molecule has 0 heterocycles. The molecule has 1 saturated carbocycles. The molecule has 0 aliphatic heterocycles. The second-order valence-corrected chi connectivity index (χ2v) is 11.5. The van der Waals surface area contributed by atoms with Gasteiger partial charge in [0, 0.05) is 31.1 Å². The Hall–Kier alpha value is -3.26. The summed E-state index contributed by atoms with van der Waals surface area (Å²) in [6.45, 7) is -0.105. The van der Waals surface area contributed by atoms with Crippen LogP contribution in [0.3, 0.4) is 0 Å². The predicted molar refractivity (Wildman–Crippen MR) is 149 cm³/mol. The maximum absolute atomic E-state index is 13.5. The third kappa shape index (κ3) is 8.68. The molecule has 3 rings (SSSR count). The van der Waals surface area contributed by atoms with Crippen LogP contribution < -0.4 is 20.7 Å². The minimum Gasteiger partial charge on any atom is -0.487 e. The van der Waals surface area contributed by atoms with Gasteiger partial charge in [-0.25, -0.2) is 17.6 Å². The first kappa shape index (κ1) is 35.2. The Morgan fingerprint density at radius 1 is 1.02 bits per heavy atom. The van der Waals surface area contributed by atoms with Gasteiger partial charge in [-0.3, -0.25) is 14.4 Å². The lowest BCUT2D eigenvalue weighted by Gasteiger charge is -2.29. The second-order valence-electron chi connectivity index (χ2n) is 10.7. The minimum atomic E-state index is -4.83. The molecule has 0 unspecified atom stereocenters. The number of hydrogen-bond donors (Lipinski definition) is 3. The Morgan fingerprint density at radius 3 is 2.25 bits per heavy atom. The van der Waals surface area contributed by atoms with Crippen LogP contribution in [0.15, 0.2) is 30.3 Å². The van der Waals surface area contributed by atoms with Gasteiger partial charge in [0.25, 0.3) is 18.2 Å². The SMILES string of the molecule is CC(C)(C(=O)NCc1ccc(Cl)c(C(=O)Nc2ccc(OCC(F)F)c(C(=O)NC3CCC(F)(F)CC3)c2)c1Cl)C(F)(F)F. The highest BCUT2D eigenvalue weighted by atomic mass is 35.5. The highest BCUT2D eigenvalue weighted by Crippen LogP contribution is 2.38. The number of carbonyl (C=O) groups is 3. The highest BCUT2D eigenvalue weighted by Gasteiger charge is 2.52. The van der Waals surface area contributed by atoms with E-state index in [9.17, 15) is 45.1 Å². The third-order valence-corrected chi connectivity index (χ3v) is 7.76. The molecule has 2 aromatic rings. The van der Waals surface area contributed by atoms with E-state index < -0.39 is 73.7 Å². The first-order chi connectivity index (χ1) is 20.3. The molecular weight excluding hydrogens is 646 g/mol. The highest BCUT2D eigenvalue weighted by molar-refractivity contribution is 6.40. The van der Waals surface area contributed by atoms with Gasteiger partial charge in [-0.1, -0.05) is 29.3 Å². The van der Waals surface area contributed by atoms with Crippen LogP contribution in [0.5, 0.6) is 5.75 Å². The van der Waals surface area contributed by atoms with Gasteiger partial charge in [0.2, 0.25) is 11.8 Å². The molecule has 0 saturated heterocycles. The van der Waals surface area contributed by atoms with Gasteiger partial charge in [0.15, 0.2) is 0 Å². The summed E-state index contributed by atoms with van der Waals surface area (Å²) < 4.78 is 97.3. The predicted octanol–water partition coefficient (Wildman–Crippen LogP) is 7.40. The van der Waals surface area contributed by atoms with Crippen molar-refractivity contribution in [1.82, 2.24) is 10.6 Å². The summed E-state index contributed by atoms with van der Waals surface area (Å²) in [7, 11) is 0. The molecule has 0 atom stereocenters. The summed E-state index contributed by atoms with van der Waals surface area (Å²) in [6.07, 6.45) is -8.59. The van der Waals surface area contributed by atoms with E-state index in [0.717, 1.165) is 12.1 Å². The van der Waals surface area contributed by atoms with Crippen LogP contribution in [-0.2, 0) is 11.3 Å². The Bertz CT molecular complexity index is 1390.